The van der Waals surface area contributed by atoms with Gasteiger partial charge >= 0.3 is 23.9 Å². The van der Waals surface area contributed by atoms with E-state index in [-0.39, 0.29) is 30.6 Å². The molecule has 9 rings (SSSR count). The Kier molecular flexibility index (Phi) is 27.6. The third-order valence-electron chi connectivity index (χ3n) is 17.7. The van der Waals surface area contributed by atoms with Gasteiger partial charge in [-0.25, -0.2) is 4.79 Å². The van der Waals surface area contributed by atoms with Crippen molar-refractivity contribution in [2.75, 3.05) is 60.0 Å². The summed E-state index contributed by atoms with van der Waals surface area (Å²) in [4.78, 5) is 49.4. The van der Waals surface area contributed by atoms with E-state index < -0.39 is 292 Å². The van der Waals surface area contributed by atoms with Crippen LogP contribution in [-0.4, -0.2) is 373 Å². The van der Waals surface area contributed by atoms with Gasteiger partial charge in [0.2, 0.25) is 6.29 Å². The van der Waals surface area contributed by atoms with E-state index in [1.54, 1.807) is 0 Å². The van der Waals surface area contributed by atoms with Crippen molar-refractivity contribution in [3.8, 4) is 5.75 Å². The molecule has 34 atom stereocenters. The second kappa shape index (κ2) is 34.8. The van der Waals surface area contributed by atoms with Crippen molar-refractivity contribution in [2.24, 2.45) is 11.8 Å². The quantitative estimate of drug-likeness (QED) is 0.0383. The number of esters is 2. The summed E-state index contributed by atoms with van der Waals surface area (Å²) in [5.41, 5.74) is -0.0786. The van der Waals surface area contributed by atoms with Crippen LogP contribution in [0.15, 0.2) is 24.3 Å². The lowest BCUT2D eigenvalue weighted by Crippen LogP contribution is -2.66. The minimum Gasteiger partial charge on any atom is -0.481 e. The number of aliphatic hydroxyl groups is 16. The first-order valence-electron chi connectivity index (χ1n) is 31.5. The molecular weight excluding hydrogens is 1340 g/mol. The lowest BCUT2D eigenvalue weighted by Gasteiger charge is -2.48. The van der Waals surface area contributed by atoms with Crippen molar-refractivity contribution in [1.29, 1.82) is 0 Å². The molecule has 8 aliphatic heterocycles. The van der Waals surface area contributed by atoms with Crippen molar-refractivity contribution in [1.82, 2.24) is 0 Å². The van der Waals surface area contributed by atoms with Gasteiger partial charge in [0.25, 0.3) is 0 Å². The Morgan fingerprint density at radius 2 is 0.673 bits per heavy atom. The van der Waals surface area contributed by atoms with Crippen LogP contribution >= 0.6 is 0 Å². The zero-order valence-electron chi connectivity index (χ0n) is 52.5. The predicted octanol–water partition coefficient (Wildman–Crippen LogP) is -9.93. The molecule has 40 nitrogen and oxygen atoms in total. The van der Waals surface area contributed by atoms with Gasteiger partial charge in [-0.15, -0.1) is 0 Å². The van der Waals surface area contributed by atoms with Gasteiger partial charge in [-0.1, -0.05) is 25.5 Å². The van der Waals surface area contributed by atoms with Gasteiger partial charge < -0.3 is 177 Å². The zero-order valence-corrected chi connectivity index (χ0v) is 52.5. The molecular formula is C58H86O40. The standard InChI is InChI=1S/C58H86O40/c1-19(48(76)77)6-5-7-20(49(78)79)10-31(67)91-40-32(68)22(59)12-83-52(40)93-42-34(70)24(61)14-85-54(42)95-44-36(72)26(63)16-87-56(44)97-46-38(74)28(65)18-89-58(46)98-47-39(75)29(66)17-88-57(47)96-45-37(73)27(64)15-86-55(45)94-43-35(71)25(62)13-84-53(43)92-41-33(69)23(60)11-82-51(41)90-30-9-4-3-8-21(30)50(80)81-2/h3-4,8-9,19-20,22-29,32-47,51-66,68-75H,5-7,10-18H2,1-2H3,(H,76,77)(H,78,79)/t19-,20-,22-,23-,24-,25-,26-,27-,28-,29-,32+,33+,34+,35+,36+,37+,38+,39+,40-,41-,42-,43-,44-,45-,46-,47-,51-,52-,53-,54-,55-,56-,57-,58-/m1/s1. The first kappa shape index (κ1) is 77.8. The summed E-state index contributed by atoms with van der Waals surface area (Å²) in [5.74, 6) is -7.00. The molecule has 0 spiro atoms. The minimum absolute atomic E-state index is 0.0699. The van der Waals surface area contributed by atoms with E-state index in [4.69, 9.17) is 85.3 Å². The Balaban J connectivity index is 0.910. The number of rotatable bonds is 26. The van der Waals surface area contributed by atoms with Crippen molar-refractivity contribution < 1.29 is 196 Å². The monoisotopic (exact) mass is 1420 g/mol. The summed E-state index contributed by atoms with van der Waals surface area (Å²) in [6.45, 7) is -4.12. The molecule has 0 saturated carbocycles. The second-order valence-electron chi connectivity index (χ2n) is 24.8. The van der Waals surface area contributed by atoms with Gasteiger partial charge in [-0.2, -0.15) is 0 Å². The molecule has 8 fully saturated rings. The number of aliphatic hydroxyl groups excluding tert-OH is 16. The fraction of sp³-hybridized carbons (Fsp3) is 0.828. The number of benzene rings is 1. The highest BCUT2D eigenvalue weighted by Gasteiger charge is 2.57. The van der Waals surface area contributed by atoms with Crippen molar-refractivity contribution in [2.45, 2.75) is 229 Å². The Bertz CT molecular complexity index is 2720. The van der Waals surface area contributed by atoms with E-state index >= 15 is 0 Å². The number of hydrogen-bond acceptors (Lipinski definition) is 38. The summed E-state index contributed by atoms with van der Waals surface area (Å²) in [5, 5.41) is 197. The summed E-state index contributed by atoms with van der Waals surface area (Å²) in [7, 11) is 1.12. The molecule has 8 heterocycles. The van der Waals surface area contributed by atoms with E-state index in [0.717, 1.165) is 7.11 Å². The fourth-order valence-corrected chi connectivity index (χ4v) is 11.8. The third kappa shape index (κ3) is 18.3. The van der Waals surface area contributed by atoms with E-state index in [9.17, 15) is 111 Å². The van der Waals surface area contributed by atoms with E-state index in [1.807, 2.05) is 0 Å². The average molecular weight is 1420 g/mol. The van der Waals surface area contributed by atoms with Crippen LogP contribution in [0.1, 0.15) is 43.0 Å². The van der Waals surface area contributed by atoms with Crippen LogP contribution in [0.25, 0.3) is 0 Å². The van der Waals surface area contributed by atoms with E-state index in [2.05, 4.69) is 0 Å². The molecule has 8 aliphatic rings. The number of ether oxygens (including phenoxy) is 18. The number of carboxylic acid groups (broad SMARTS) is 2. The maximum absolute atomic E-state index is 13.3. The fourth-order valence-electron chi connectivity index (χ4n) is 11.8. The highest BCUT2D eigenvalue weighted by Crippen LogP contribution is 2.37. The van der Waals surface area contributed by atoms with E-state index in [1.165, 1.54) is 31.2 Å². The Morgan fingerprint density at radius 1 is 0.398 bits per heavy atom. The molecule has 8 saturated heterocycles. The summed E-state index contributed by atoms with van der Waals surface area (Å²) in [6, 6.07) is 5.74. The first-order valence-corrected chi connectivity index (χ1v) is 31.5. The lowest BCUT2D eigenvalue weighted by atomic mass is 9.95. The molecule has 98 heavy (non-hydrogen) atoms. The van der Waals surface area contributed by atoms with Crippen molar-refractivity contribution in [3.63, 3.8) is 0 Å². The topological polar surface area (TPSA) is 599 Å². The summed E-state index contributed by atoms with van der Waals surface area (Å²) < 4.78 is 104. The van der Waals surface area contributed by atoms with Crippen LogP contribution in [0.3, 0.4) is 0 Å². The molecule has 558 valence electrons. The second-order valence-corrected chi connectivity index (χ2v) is 24.8. The summed E-state index contributed by atoms with van der Waals surface area (Å²) >= 11 is 0. The highest BCUT2D eigenvalue weighted by molar-refractivity contribution is 5.92. The molecule has 18 N–H and O–H groups in total. The predicted molar refractivity (Wildman–Crippen MR) is 303 cm³/mol. The number of carbonyl (C=O) groups is 4. The lowest BCUT2D eigenvalue weighted by molar-refractivity contribution is -0.402. The molecule has 0 unspecified atom stereocenters. The molecule has 0 aromatic heterocycles. The molecule has 1 aromatic carbocycles. The number of para-hydroxylation sites is 1. The normalized spacial score (nSPS) is 44.0. The summed E-state index contributed by atoms with van der Waals surface area (Å²) in [6.07, 6.45) is -62.5. The SMILES string of the molecule is COC(=O)c1ccccc1O[C@H]1OC[C@@H](O)[C@H](O)[C@H]1O[C@H]1OC[C@@H](O)[C@H](O)[C@H]1O[C@H]1OC[C@@H](O)[C@H](O)[C@H]1O[C@H]1OC[C@@H](O)[C@H](O)[C@H]1O[C@H]1OC[C@@H](O)[C@H](O)[C@H]1O[C@H]1OC[C@@H](O)[C@H](O)[C@H]1O[C@H]1OC[C@@H](O)[C@H](O)[C@H]1O[C@H]1OC[C@@H](O)[C@H](O)[C@H]1OC(=O)C[C@@H](CCC[C@@H](C)C(=O)O)C(=O)O. The number of carbonyl (C=O) groups excluding carboxylic acids is 2. The molecule has 40 heteroatoms. The molecule has 0 amide bonds. The van der Waals surface area contributed by atoms with Gasteiger partial charge in [-0.05, 0) is 25.0 Å². The van der Waals surface area contributed by atoms with Gasteiger partial charge in [0, 0.05) is 0 Å². The number of hydrogen-bond donors (Lipinski definition) is 18. The highest BCUT2D eigenvalue weighted by atomic mass is 16.8. The maximum Gasteiger partial charge on any atom is 0.341 e. The Labute approximate surface area is 555 Å². The van der Waals surface area contributed by atoms with Crippen LogP contribution in [0.2, 0.25) is 0 Å². The Hall–Kier alpha value is -4.34. The van der Waals surface area contributed by atoms with Crippen LogP contribution in [0.4, 0.5) is 0 Å². The molecule has 1 aromatic rings. The zero-order chi connectivity index (χ0) is 71.1. The number of aliphatic carboxylic acids is 2. The number of methoxy groups -OCH3 is 1. The van der Waals surface area contributed by atoms with Gasteiger partial charge in [0.1, 0.15) is 146 Å². The van der Waals surface area contributed by atoms with Crippen molar-refractivity contribution in [3.05, 3.63) is 29.8 Å². The maximum atomic E-state index is 13.3. The largest absolute Gasteiger partial charge is 0.481 e. The van der Waals surface area contributed by atoms with Crippen LogP contribution in [-0.2, 0) is 94.9 Å². The van der Waals surface area contributed by atoms with Crippen LogP contribution in [0.5, 0.6) is 5.75 Å². The minimum atomic E-state index is -2.08. The Morgan fingerprint density at radius 3 is 0.969 bits per heavy atom. The molecule has 0 radical (unpaired) electrons. The average Bonchev–Trinajstić information content (AvgIpc) is 0.788. The molecule has 0 aliphatic carbocycles. The smallest absolute Gasteiger partial charge is 0.341 e. The molecule has 0 bridgehead atoms. The van der Waals surface area contributed by atoms with E-state index in [0.29, 0.717) is 0 Å². The van der Waals surface area contributed by atoms with Gasteiger partial charge in [-0.3, -0.25) is 14.4 Å². The van der Waals surface area contributed by atoms with Gasteiger partial charge in [0.05, 0.1) is 78.2 Å². The van der Waals surface area contributed by atoms with Crippen LogP contribution in [0, 0.1) is 11.8 Å². The first-order chi connectivity index (χ1) is 46.6. The van der Waals surface area contributed by atoms with Crippen LogP contribution < -0.4 is 4.74 Å². The van der Waals surface area contributed by atoms with Crippen molar-refractivity contribution >= 4 is 23.9 Å². The van der Waals surface area contributed by atoms with Gasteiger partial charge in [0.15, 0.2) is 56.2 Å². The number of carboxylic acids is 2. The third-order valence-corrected chi connectivity index (χ3v) is 17.7.